The Morgan fingerprint density at radius 2 is 2.14 bits per heavy atom. The minimum Gasteiger partial charge on any atom is -0.328 e. The van der Waals surface area contributed by atoms with Crippen LogP contribution in [0.25, 0.3) is 10.1 Å². The third kappa shape index (κ3) is 2.83. The molecule has 1 aromatic carbocycles. The topological polar surface area (TPSA) is 63.4 Å². The third-order valence-electron chi connectivity index (χ3n) is 3.87. The molecule has 7 heteroatoms. The smallest absolute Gasteiger partial charge is 0.252 e. The Kier molecular flexibility index (Phi) is 4.00. The summed E-state index contributed by atoms with van der Waals surface area (Å²) in [4.78, 5) is 0. The van der Waals surface area contributed by atoms with Gasteiger partial charge < -0.3 is 5.73 Å². The highest BCUT2D eigenvalue weighted by Crippen LogP contribution is 2.34. The minimum absolute atomic E-state index is 0.0625. The quantitative estimate of drug-likeness (QED) is 0.910. The van der Waals surface area contributed by atoms with Crippen LogP contribution in [0.3, 0.4) is 0 Å². The maximum absolute atomic E-state index is 12.8. The molecule has 2 N–H and O–H groups in total. The number of rotatable bonds is 2. The second-order valence-electron chi connectivity index (χ2n) is 5.50. The Bertz CT molecular complexity index is 772. The molecule has 2 aromatic rings. The van der Waals surface area contributed by atoms with Crippen LogP contribution in [0.2, 0.25) is 5.02 Å². The Balaban J connectivity index is 2.00. The monoisotopic (exact) mass is 344 g/mol. The first-order valence-corrected chi connectivity index (χ1v) is 9.48. The molecule has 0 bridgehead atoms. The minimum atomic E-state index is -3.46. The zero-order valence-corrected chi connectivity index (χ0v) is 14.0. The highest BCUT2D eigenvalue weighted by molar-refractivity contribution is 7.91. The summed E-state index contributed by atoms with van der Waals surface area (Å²) >= 11 is 7.25. The first-order chi connectivity index (χ1) is 9.88. The van der Waals surface area contributed by atoms with E-state index >= 15 is 0 Å². The second kappa shape index (κ2) is 5.52. The van der Waals surface area contributed by atoms with Crippen LogP contribution in [0.15, 0.2) is 28.5 Å². The van der Waals surface area contributed by atoms with Gasteiger partial charge in [0.1, 0.15) is 4.21 Å². The molecule has 0 saturated carbocycles. The summed E-state index contributed by atoms with van der Waals surface area (Å²) in [6.07, 6.45) is 1.41. The van der Waals surface area contributed by atoms with Crippen LogP contribution in [0.5, 0.6) is 0 Å². The van der Waals surface area contributed by atoms with Gasteiger partial charge in [-0.2, -0.15) is 4.31 Å². The van der Waals surface area contributed by atoms with E-state index in [2.05, 4.69) is 0 Å². The van der Waals surface area contributed by atoms with Crippen molar-refractivity contribution in [3.05, 3.63) is 29.3 Å². The number of hydrogen-bond acceptors (Lipinski definition) is 4. The van der Waals surface area contributed by atoms with Crippen molar-refractivity contribution in [2.24, 2.45) is 5.73 Å². The lowest BCUT2D eigenvalue weighted by Gasteiger charge is -2.34. The van der Waals surface area contributed by atoms with E-state index in [0.717, 1.165) is 10.1 Å². The van der Waals surface area contributed by atoms with E-state index in [1.54, 1.807) is 22.5 Å². The largest absolute Gasteiger partial charge is 0.328 e. The predicted octanol–water partition coefficient (Wildman–Crippen LogP) is 3.06. The van der Waals surface area contributed by atoms with Crippen molar-refractivity contribution in [1.82, 2.24) is 4.31 Å². The molecule has 2 atom stereocenters. The van der Waals surface area contributed by atoms with Crippen LogP contribution in [0.4, 0.5) is 0 Å². The number of sulfonamides is 1. The van der Waals surface area contributed by atoms with Gasteiger partial charge in [0.05, 0.1) is 0 Å². The summed E-state index contributed by atoms with van der Waals surface area (Å²) in [5, 5.41) is 1.48. The van der Waals surface area contributed by atoms with Crippen molar-refractivity contribution in [2.45, 2.75) is 36.1 Å². The van der Waals surface area contributed by atoms with Gasteiger partial charge in [-0.3, -0.25) is 0 Å². The lowest BCUT2D eigenvalue weighted by Crippen LogP contribution is -2.48. The lowest BCUT2D eigenvalue weighted by atomic mass is 10.0. The van der Waals surface area contributed by atoms with Crippen molar-refractivity contribution in [1.29, 1.82) is 0 Å². The van der Waals surface area contributed by atoms with E-state index in [1.165, 1.54) is 11.3 Å². The first-order valence-electron chi connectivity index (χ1n) is 6.84. The molecule has 3 rings (SSSR count). The molecule has 114 valence electrons. The van der Waals surface area contributed by atoms with Crippen molar-refractivity contribution >= 4 is 43.0 Å². The van der Waals surface area contributed by atoms with Gasteiger partial charge in [-0.1, -0.05) is 11.6 Å². The molecule has 1 aliphatic rings. The van der Waals surface area contributed by atoms with E-state index in [4.69, 9.17) is 17.3 Å². The SMILES string of the molecule is CC1CC(N)CCN1S(=O)(=O)c1cc2cc(Cl)ccc2s1. The standard InChI is InChI=1S/C14H17ClN2O2S2/c1-9-6-12(16)4-5-17(9)21(18,19)14-8-10-7-11(15)2-3-13(10)20-14/h2-3,7-9,12H,4-6,16H2,1H3. The first kappa shape index (κ1) is 15.2. The zero-order valence-electron chi connectivity index (χ0n) is 11.6. The molecule has 0 spiro atoms. The van der Waals surface area contributed by atoms with E-state index < -0.39 is 10.0 Å². The van der Waals surface area contributed by atoms with Gasteiger partial charge in [-0.25, -0.2) is 8.42 Å². The highest BCUT2D eigenvalue weighted by atomic mass is 35.5. The van der Waals surface area contributed by atoms with Crippen LogP contribution in [-0.4, -0.2) is 31.4 Å². The van der Waals surface area contributed by atoms with Gasteiger partial charge >= 0.3 is 0 Å². The summed E-state index contributed by atoms with van der Waals surface area (Å²) in [6, 6.07) is 7.17. The lowest BCUT2D eigenvalue weighted by molar-refractivity contribution is 0.247. The maximum atomic E-state index is 12.8. The number of piperidine rings is 1. The number of halogens is 1. The van der Waals surface area contributed by atoms with E-state index in [1.807, 2.05) is 13.0 Å². The number of fused-ring (bicyclic) bond motifs is 1. The van der Waals surface area contributed by atoms with E-state index in [9.17, 15) is 8.42 Å². The van der Waals surface area contributed by atoms with Crippen molar-refractivity contribution < 1.29 is 8.42 Å². The number of thiophene rings is 1. The third-order valence-corrected chi connectivity index (χ3v) is 7.69. The Morgan fingerprint density at radius 1 is 1.38 bits per heavy atom. The average molecular weight is 345 g/mol. The van der Waals surface area contributed by atoms with E-state index in [0.29, 0.717) is 28.6 Å². The molecular weight excluding hydrogens is 328 g/mol. The fourth-order valence-electron chi connectivity index (χ4n) is 2.78. The molecule has 2 unspecified atom stereocenters. The van der Waals surface area contributed by atoms with Gasteiger partial charge in [0.15, 0.2) is 0 Å². The summed E-state index contributed by atoms with van der Waals surface area (Å²) < 4.78 is 28.5. The van der Waals surface area contributed by atoms with Crippen molar-refractivity contribution in [3.8, 4) is 0 Å². The van der Waals surface area contributed by atoms with Gasteiger partial charge in [-0.05, 0) is 49.4 Å². The molecule has 1 fully saturated rings. The van der Waals surface area contributed by atoms with Crippen LogP contribution >= 0.6 is 22.9 Å². The molecule has 0 amide bonds. The second-order valence-corrected chi connectivity index (χ2v) is 9.13. The van der Waals surface area contributed by atoms with Crippen LogP contribution in [0, 0.1) is 0 Å². The molecular formula is C14H17ClN2O2S2. The number of hydrogen-bond donors (Lipinski definition) is 1. The fourth-order valence-corrected chi connectivity index (χ4v) is 6.12. The van der Waals surface area contributed by atoms with Crippen molar-refractivity contribution in [3.63, 3.8) is 0 Å². The average Bonchev–Trinajstić information content (AvgIpc) is 2.81. The maximum Gasteiger partial charge on any atom is 0.252 e. The summed E-state index contributed by atoms with van der Waals surface area (Å²) in [6.45, 7) is 2.40. The molecule has 0 aliphatic carbocycles. The van der Waals surface area contributed by atoms with Gasteiger partial charge in [0, 0.05) is 28.4 Å². The van der Waals surface area contributed by atoms with Gasteiger partial charge in [-0.15, -0.1) is 11.3 Å². The summed E-state index contributed by atoms with van der Waals surface area (Å²) in [5.41, 5.74) is 5.91. The molecule has 1 saturated heterocycles. The van der Waals surface area contributed by atoms with Gasteiger partial charge in [0.25, 0.3) is 10.0 Å². The Hall–Kier alpha value is -0.660. The molecule has 21 heavy (non-hydrogen) atoms. The molecule has 1 aliphatic heterocycles. The van der Waals surface area contributed by atoms with Crippen molar-refractivity contribution in [2.75, 3.05) is 6.54 Å². The number of nitrogens with zero attached hydrogens (tertiary/aromatic N) is 1. The molecule has 4 nitrogen and oxygen atoms in total. The molecule has 0 radical (unpaired) electrons. The Morgan fingerprint density at radius 3 is 2.86 bits per heavy atom. The highest BCUT2D eigenvalue weighted by Gasteiger charge is 2.34. The van der Waals surface area contributed by atoms with E-state index in [-0.39, 0.29) is 12.1 Å². The van der Waals surface area contributed by atoms with Gasteiger partial charge in [0.2, 0.25) is 0 Å². The number of benzene rings is 1. The van der Waals surface area contributed by atoms with Crippen LogP contribution in [0.1, 0.15) is 19.8 Å². The predicted molar refractivity (Wildman–Crippen MR) is 87.4 cm³/mol. The fraction of sp³-hybridized carbons (Fsp3) is 0.429. The van der Waals surface area contributed by atoms with Crippen LogP contribution < -0.4 is 5.73 Å². The summed E-state index contributed by atoms with van der Waals surface area (Å²) in [7, 11) is -3.46. The normalized spacial score (nSPS) is 24.5. The van der Waals surface area contributed by atoms with Crippen LogP contribution in [-0.2, 0) is 10.0 Å². The molecule has 2 heterocycles. The number of nitrogens with two attached hydrogens (primary N) is 1. The molecule has 1 aromatic heterocycles. The Labute approximate surface area is 133 Å². The summed E-state index contributed by atoms with van der Waals surface area (Å²) in [5.74, 6) is 0. The zero-order chi connectivity index (χ0) is 15.2.